The average Bonchev–Trinajstić information content (AvgIpc) is 2.23. The summed E-state index contributed by atoms with van der Waals surface area (Å²) >= 11 is 5.96. The Morgan fingerprint density at radius 3 is 2.65 bits per heavy atom. The van der Waals surface area contributed by atoms with Crippen LogP contribution in [0.15, 0.2) is 18.2 Å². The molecule has 5 heteroatoms. The molecule has 0 spiro atoms. The van der Waals surface area contributed by atoms with E-state index in [1.165, 1.54) is 0 Å². The van der Waals surface area contributed by atoms with Gasteiger partial charge in [-0.15, -0.1) is 0 Å². The second kappa shape index (κ2) is 6.47. The van der Waals surface area contributed by atoms with Gasteiger partial charge in [-0.1, -0.05) is 11.6 Å². The van der Waals surface area contributed by atoms with E-state index in [-0.39, 0.29) is 11.9 Å². The van der Waals surface area contributed by atoms with E-state index in [0.29, 0.717) is 29.5 Å². The van der Waals surface area contributed by atoms with Gasteiger partial charge < -0.3 is 15.2 Å². The number of hydrogen-bond donors (Lipinski definition) is 2. The Hall–Kier alpha value is -1.26. The van der Waals surface area contributed by atoms with Crippen molar-refractivity contribution in [2.75, 3.05) is 13.2 Å². The molecule has 0 aliphatic carbocycles. The Labute approximate surface area is 106 Å². The van der Waals surface area contributed by atoms with Gasteiger partial charge in [0.05, 0.1) is 17.7 Å². The lowest BCUT2D eigenvalue weighted by molar-refractivity contribution is 0.0553. The molecule has 0 unspecified atom stereocenters. The van der Waals surface area contributed by atoms with Crippen LogP contribution in [0.2, 0.25) is 5.02 Å². The number of ether oxygens (including phenoxy) is 2. The topological polar surface area (TPSA) is 68.3 Å². The molecule has 0 aromatic heterocycles. The number of amidine groups is 1. The third-order valence-corrected chi connectivity index (χ3v) is 2.35. The number of nitrogens with one attached hydrogen (secondary N) is 1. The Morgan fingerprint density at radius 1 is 1.41 bits per heavy atom. The predicted octanol–water partition coefficient (Wildman–Crippen LogP) is 2.43. The first kappa shape index (κ1) is 13.8. The number of nitrogens with two attached hydrogens (primary N) is 1. The summed E-state index contributed by atoms with van der Waals surface area (Å²) in [5.41, 5.74) is 5.87. The van der Waals surface area contributed by atoms with Crippen molar-refractivity contribution in [3.8, 4) is 5.75 Å². The van der Waals surface area contributed by atoms with Crippen LogP contribution in [0.4, 0.5) is 0 Å². The smallest absolute Gasteiger partial charge is 0.124 e. The van der Waals surface area contributed by atoms with Gasteiger partial charge in [0.2, 0.25) is 0 Å². The highest BCUT2D eigenvalue weighted by Gasteiger charge is 2.05. The maximum absolute atomic E-state index is 7.29. The molecule has 17 heavy (non-hydrogen) atoms. The first-order valence-electron chi connectivity index (χ1n) is 5.39. The van der Waals surface area contributed by atoms with E-state index in [2.05, 4.69) is 0 Å². The molecule has 94 valence electrons. The Morgan fingerprint density at radius 2 is 2.12 bits per heavy atom. The summed E-state index contributed by atoms with van der Waals surface area (Å²) in [4.78, 5) is 0. The van der Waals surface area contributed by atoms with E-state index in [4.69, 9.17) is 32.2 Å². The molecule has 0 bridgehead atoms. The van der Waals surface area contributed by atoms with Crippen molar-refractivity contribution in [2.24, 2.45) is 5.73 Å². The van der Waals surface area contributed by atoms with Crippen LogP contribution in [0.25, 0.3) is 0 Å². The van der Waals surface area contributed by atoms with Crippen molar-refractivity contribution in [1.29, 1.82) is 5.41 Å². The normalized spacial score (nSPS) is 10.6. The minimum Gasteiger partial charge on any atom is -0.491 e. The molecule has 0 saturated carbocycles. The van der Waals surface area contributed by atoms with Gasteiger partial charge in [-0.05, 0) is 32.0 Å². The van der Waals surface area contributed by atoms with E-state index < -0.39 is 0 Å². The van der Waals surface area contributed by atoms with Gasteiger partial charge in [0.15, 0.2) is 0 Å². The van der Waals surface area contributed by atoms with Crippen LogP contribution >= 0.6 is 11.6 Å². The third kappa shape index (κ3) is 4.63. The number of hydrogen-bond acceptors (Lipinski definition) is 3. The van der Waals surface area contributed by atoms with E-state index in [1.807, 2.05) is 13.8 Å². The molecular weight excluding hydrogens is 240 g/mol. The molecule has 0 aliphatic heterocycles. The van der Waals surface area contributed by atoms with Crippen molar-refractivity contribution in [1.82, 2.24) is 0 Å². The van der Waals surface area contributed by atoms with Crippen molar-refractivity contribution in [2.45, 2.75) is 20.0 Å². The first-order valence-corrected chi connectivity index (χ1v) is 5.77. The fourth-order valence-electron chi connectivity index (χ4n) is 1.25. The zero-order chi connectivity index (χ0) is 12.8. The predicted molar refractivity (Wildman–Crippen MR) is 69.1 cm³/mol. The van der Waals surface area contributed by atoms with Crippen molar-refractivity contribution >= 4 is 17.4 Å². The van der Waals surface area contributed by atoms with Crippen LogP contribution < -0.4 is 10.5 Å². The molecule has 4 nitrogen and oxygen atoms in total. The van der Waals surface area contributed by atoms with Crippen LogP contribution in [-0.4, -0.2) is 25.2 Å². The number of rotatable bonds is 6. The maximum atomic E-state index is 7.29. The second-order valence-corrected chi connectivity index (χ2v) is 4.23. The molecular formula is C12H17ClN2O2. The van der Waals surface area contributed by atoms with Crippen LogP contribution in [-0.2, 0) is 4.74 Å². The molecule has 0 amide bonds. The fourth-order valence-corrected chi connectivity index (χ4v) is 1.52. The highest BCUT2D eigenvalue weighted by molar-refractivity contribution is 6.34. The molecule has 0 radical (unpaired) electrons. The van der Waals surface area contributed by atoms with E-state index in [1.54, 1.807) is 18.2 Å². The quantitative estimate of drug-likeness (QED) is 0.467. The highest BCUT2D eigenvalue weighted by Crippen LogP contribution is 2.22. The summed E-state index contributed by atoms with van der Waals surface area (Å²) in [6.45, 7) is 4.94. The molecule has 3 N–H and O–H groups in total. The zero-order valence-corrected chi connectivity index (χ0v) is 10.8. The molecule has 1 aromatic carbocycles. The van der Waals surface area contributed by atoms with Gasteiger partial charge in [0.25, 0.3) is 0 Å². The molecule has 0 aliphatic rings. The summed E-state index contributed by atoms with van der Waals surface area (Å²) < 4.78 is 10.8. The molecule has 0 saturated heterocycles. The summed E-state index contributed by atoms with van der Waals surface area (Å²) in [7, 11) is 0. The van der Waals surface area contributed by atoms with Crippen LogP contribution in [0.3, 0.4) is 0 Å². The fraction of sp³-hybridized carbons (Fsp3) is 0.417. The second-order valence-electron chi connectivity index (χ2n) is 3.82. The average molecular weight is 257 g/mol. The summed E-state index contributed by atoms with van der Waals surface area (Å²) in [6.07, 6.45) is 0.197. The molecule has 0 heterocycles. The van der Waals surface area contributed by atoms with Gasteiger partial charge in [-0.2, -0.15) is 0 Å². The molecule has 1 aromatic rings. The summed E-state index contributed by atoms with van der Waals surface area (Å²) in [5.74, 6) is 0.594. The van der Waals surface area contributed by atoms with Gasteiger partial charge in [0.1, 0.15) is 18.2 Å². The van der Waals surface area contributed by atoms with Crippen LogP contribution in [0.1, 0.15) is 19.4 Å². The molecule has 0 atom stereocenters. The lowest BCUT2D eigenvalue weighted by Crippen LogP contribution is -2.13. The molecule has 0 fully saturated rings. The SMILES string of the molecule is CC(C)OCCOc1ccc(C(=N)N)c(Cl)c1. The zero-order valence-electron chi connectivity index (χ0n) is 10.00. The standard InChI is InChI=1S/C12H17ClN2O2/c1-8(2)16-5-6-17-9-3-4-10(12(14)15)11(13)7-9/h3-4,7-8H,5-6H2,1-2H3,(H3,14,15). The highest BCUT2D eigenvalue weighted by atomic mass is 35.5. The van der Waals surface area contributed by atoms with E-state index >= 15 is 0 Å². The van der Waals surface area contributed by atoms with Gasteiger partial charge in [0, 0.05) is 5.56 Å². The monoisotopic (exact) mass is 256 g/mol. The maximum Gasteiger partial charge on any atom is 0.124 e. The Bertz CT molecular complexity index is 394. The van der Waals surface area contributed by atoms with E-state index in [0.717, 1.165) is 0 Å². The minimum absolute atomic E-state index is 0.0512. The third-order valence-electron chi connectivity index (χ3n) is 2.03. The number of benzene rings is 1. The van der Waals surface area contributed by atoms with Gasteiger partial charge in [-0.3, -0.25) is 5.41 Å². The lowest BCUT2D eigenvalue weighted by Gasteiger charge is -2.10. The summed E-state index contributed by atoms with van der Waals surface area (Å²) in [6, 6.07) is 5.05. The first-order chi connectivity index (χ1) is 8.00. The van der Waals surface area contributed by atoms with Crippen LogP contribution in [0, 0.1) is 5.41 Å². The van der Waals surface area contributed by atoms with Gasteiger partial charge in [-0.25, -0.2) is 0 Å². The Balaban J connectivity index is 2.50. The summed E-state index contributed by atoms with van der Waals surface area (Å²) in [5, 5.41) is 7.71. The van der Waals surface area contributed by atoms with Crippen LogP contribution in [0.5, 0.6) is 5.75 Å². The number of nitrogen functional groups attached to an aromatic ring is 1. The molecule has 1 rings (SSSR count). The van der Waals surface area contributed by atoms with Crippen molar-refractivity contribution < 1.29 is 9.47 Å². The van der Waals surface area contributed by atoms with Gasteiger partial charge >= 0.3 is 0 Å². The lowest BCUT2D eigenvalue weighted by atomic mass is 10.2. The minimum atomic E-state index is -0.0512. The Kier molecular flexibility index (Phi) is 5.25. The van der Waals surface area contributed by atoms with Crippen molar-refractivity contribution in [3.63, 3.8) is 0 Å². The largest absolute Gasteiger partial charge is 0.491 e. The van der Waals surface area contributed by atoms with Crippen molar-refractivity contribution in [3.05, 3.63) is 28.8 Å². The number of halogens is 1. The van der Waals surface area contributed by atoms with E-state index in [9.17, 15) is 0 Å².